The zero-order chi connectivity index (χ0) is 91.1. The number of para-hydroxylation sites is 3. The number of piperazine rings is 4. The Bertz CT molecular complexity index is 5540. The number of carbonyl (C=O) groups excluding carboxylic acids is 2. The summed E-state index contributed by atoms with van der Waals surface area (Å²) in [5.41, 5.74) is 18.1. The number of benzene rings is 4. The molecular weight excluding hydrogens is 1620 g/mol. The first-order valence-electron chi connectivity index (χ1n) is 45.4. The Morgan fingerprint density at radius 1 is 0.372 bits per heavy atom. The Morgan fingerprint density at radius 2 is 0.667 bits per heavy atom. The number of hydrogen-bond acceptors (Lipinski definition) is 28. The minimum atomic E-state index is -0.781. The van der Waals surface area contributed by atoms with E-state index in [1.807, 2.05) is 122 Å². The Morgan fingerprint density at radius 3 is 0.977 bits per heavy atom. The van der Waals surface area contributed by atoms with Crippen LogP contribution in [-0.4, -0.2) is 267 Å². The summed E-state index contributed by atoms with van der Waals surface area (Å²) in [5.74, 6) is 5.85. The molecule has 0 radical (unpaired) electrons. The van der Waals surface area contributed by atoms with E-state index in [0.717, 1.165) is 242 Å². The molecule has 4 saturated heterocycles. The average Bonchev–Trinajstić information content (AvgIpc) is 1.49. The van der Waals surface area contributed by atoms with Crippen molar-refractivity contribution in [3.63, 3.8) is 0 Å². The SMILES string of the molecule is CCN(Cc1cc(N2CCN(C)CC2)nc(C)n1)c1cc(C)cc2cccnc12.Cc1nc(CN(CCCC(=O)O)c2cccc3cccnc23)cc(N2CCN(C)CC2)n1.Cc1nc(CN(CCCC(=O)OC(C)(C)C)c2cccc3cccnc23)cc(N2CCN(C)CC2)n1.Cc1nc(CN(CCCC(N)=O)c2cccc3cccnc23)cc(N2CCN(C)CC2)n1. The van der Waals surface area contributed by atoms with E-state index >= 15 is 0 Å². The van der Waals surface area contributed by atoms with Crippen LogP contribution in [0.2, 0.25) is 0 Å². The lowest BCUT2D eigenvalue weighted by Gasteiger charge is -2.33. The number of fused-ring (bicyclic) bond motifs is 4. The van der Waals surface area contributed by atoms with Crippen LogP contribution in [0, 0.1) is 34.6 Å². The standard InChI is InChI=1S/C28H38N6O2.C24H31N7O.C24H30N6O2.C23H30N6/c1-21-30-23(19-25(31-21)33-17-15-32(5)16-18-33)20-34(14-8-12-26(35)36-28(2,3)4)24-11-6-9-22-10-7-13-29-27(22)24;1-18-27-20(16-23(28-18)30-14-12-29(2)13-15-30)17-31(11-5-9-22(25)32)21-8-3-6-19-7-4-10-26-24(19)21;1-18-26-20(16-22(27-18)29-14-12-28(2)13-15-29)17-30(11-5-9-23(31)32)21-8-3-6-19-7-4-10-25-24(19)21;1-5-28(21-14-17(2)13-19-7-6-8-24-23(19)21)16-20-15-22(26-18(3)25-20)29-11-9-27(4)10-12-29/h6-7,9-11,13,19H,8,12,14-18,20H2,1-5H3;3-4,6-8,10,16H,5,9,11-15,17H2,1-2H3,(H2,25,32);3-4,6-8,10,16H,5,9,11-15,17H2,1-2H3,(H,31,32);6-8,13-15H,5,9-12,16H2,1-4H3. The minimum Gasteiger partial charge on any atom is -0.481 e. The lowest BCUT2D eigenvalue weighted by molar-refractivity contribution is -0.154. The number of aromatic nitrogens is 12. The minimum absolute atomic E-state index is 0.129. The molecule has 0 aliphatic carbocycles. The number of carbonyl (C=O) groups is 3. The largest absolute Gasteiger partial charge is 0.481 e. The van der Waals surface area contributed by atoms with Crippen molar-refractivity contribution in [3.05, 3.63) is 216 Å². The summed E-state index contributed by atoms with van der Waals surface area (Å²) in [7, 11) is 8.62. The summed E-state index contributed by atoms with van der Waals surface area (Å²) in [6.07, 6.45) is 10.0. The lowest BCUT2D eigenvalue weighted by Crippen LogP contribution is -2.45. The summed E-state index contributed by atoms with van der Waals surface area (Å²) >= 11 is 0. The van der Waals surface area contributed by atoms with Gasteiger partial charge >= 0.3 is 11.9 Å². The molecule has 129 heavy (non-hydrogen) atoms. The molecule has 0 bridgehead atoms. The molecule has 16 rings (SSSR count). The van der Waals surface area contributed by atoms with Crippen molar-refractivity contribution < 1.29 is 24.2 Å². The number of primary amides is 1. The van der Waals surface area contributed by atoms with E-state index in [1.54, 1.807) is 6.20 Å². The number of amides is 1. The maximum absolute atomic E-state index is 12.4. The van der Waals surface area contributed by atoms with Gasteiger partial charge in [-0.25, -0.2) is 39.9 Å². The lowest BCUT2D eigenvalue weighted by atomic mass is 10.1. The molecule has 4 aromatic carbocycles. The number of esters is 1. The number of anilines is 8. The van der Waals surface area contributed by atoms with Gasteiger partial charge in [-0.2, -0.15) is 0 Å². The molecule has 4 fully saturated rings. The summed E-state index contributed by atoms with van der Waals surface area (Å²) in [4.78, 5) is 119. The number of nitrogens with zero attached hydrogens (tertiary/aromatic N) is 24. The smallest absolute Gasteiger partial charge is 0.306 e. The fourth-order valence-electron chi connectivity index (χ4n) is 16.8. The fraction of sp³-hybridized carbons (Fsp3) is 0.444. The zero-order valence-corrected chi connectivity index (χ0v) is 77.7. The van der Waals surface area contributed by atoms with Gasteiger partial charge in [-0.15, -0.1) is 0 Å². The molecule has 12 aromatic rings. The second kappa shape index (κ2) is 45.0. The van der Waals surface area contributed by atoms with Gasteiger partial charge in [0.25, 0.3) is 0 Å². The molecule has 680 valence electrons. The number of aliphatic carboxylic acids is 1. The molecule has 8 aromatic heterocycles. The van der Waals surface area contributed by atoms with E-state index in [1.165, 1.54) is 16.6 Å². The first-order chi connectivity index (χ1) is 62.2. The van der Waals surface area contributed by atoms with Crippen molar-refractivity contribution in [1.82, 2.24) is 79.4 Å². The quantitative estimate of drug-likeness (QED) is 0.0412. The van der Waals surface area contributed by atoms with E-state index in [0.29, 0.717) is 71.4 Å². The van der Waals surface area contributed by atoms with E-state index in [-0.39, 0.29) is 18.3 Å². The summed E-state index contributed by atoms with van der Waals surface area (Å²) in [6.45, 7) is 39.3. The number of pyridine rings is 4. The van der Waals surface area contributed by atoms with Crippen molar-refractivity contribution in [1.29, 1.82) is 0 Å². The van der Waals surface area contributed by atoms with Crippen molar-refractivity contribution >= 4 is 107 Å². The third-order valence-electron chi connectivity index (χ3n) is 23.5. The van der Waals surface area contributed by atoms with Crippen LogP contribution in [-0.2, 0) is 45.3 Å². The third kappa shape index (κ3) is 27.1. The van der Waals surface area contributed by atoms with E-state index in [9.17, 15) is 14.4 Å². The number of nitrogens with two attached hydrogens (primary N) is 1. The molecule has 1 amide bonds. The number of likely N-dealkylation sites (N-methyl/N-ethyl adjacent to an activating group) is 4. The molecule has 12 heterocycles. The average molecular weight is 1750 g/mol. The fourth-order valence-corrected chi connectivity index (χ4v) is 16.8. The highest BCUT2D eigenvalue weighted by Crippen LogP contribution is 2.34. The maximum atomic E-state index is 12.4. The maximum Gasteiger partial charge on any atom is 0.306 e. The number of carboxylic acids is 1. The molecule has 4 aliphatic heterocycles. The Hall–Kier alpha value is -12.5. The van der Waals surface area contributed by atoms with E-state index in [4.69, 9.17) is 50.5 Å². The molecule has 0 unspecified atom stereocenters. The second-order valence-electron chi connectivity index (χ2n) is 35.2. The third-order valence-corrected chi connectivity index (χ3v) is 23.5. The Balaban J connectivity index is 0.000000147. The van der Waals surface area contributed by atoms with E-state index < -0.39 is 11.6 Å². The highest BCUT2D eigenvalue weighted by atomic mass is 16.6. The predicted octanol–water partition coefficient (Wildman–Crippen LogP) is 12.9. The molecular formula is C99H129N25O5. The Labute approximate surface area is 759 Å². The second-order valence-corrected chi connectivity index (χ2v) is 35.2. The van der Waals surface area contributed by atoms with Crippen LogP contribution in [0.4, 0.5) is 46.0 Å². The van der Waals surface area contributed by atoms with Gasteiger partial charge in [-0.05, 0) is 170 Å². The van der Waals surface area contributed by atoms with Gasteiger partial charge in [0.1, 0.15) is 52.2 Å². The number of carboxylic acid groups (broad SMARTS) is 1. The number of rotatable bonds is 29. The van der Waals surface area contributed by atoms with Crippen molar-refractivity contribution in [2.45, 2.75) is 133 Å². The van der Waals surface area contributed by atoms with Crippen molar-refractivity contribution in [3.8, 4) is 0 Å². The van der Waals surface area contributed by atoms with Crippen LogP contribution in [0.25, 0.3) is 43.6 Å². The van der Waals surface area contributed by atoms with Crippen LogP contribution in [0.3, 0.4) is 0 Å². The topological polar surface area (TPSA) is 300 Å². The van der Waals surface area contributed by atoms with Crippen LogP contribution < -0.4 is 44.9 Å². The monoisotopic (exact) mass is 1750 g/mol. The highest BCUT2D eigenvalue weighted by Gasteiger charge is 2.27. The van der Waals surface area contributed by atoms with Gasteiger partial charge in [0.15, 0.2) is 0 Å². The summed E-state index contributed by atoms with van der Waals surface area (Å²) in [5, 5.41) is 13.5. The first kappa shape index (κ1) is 94.1. The normalized spacial score (nSPS) is 14.8. The van der Waals surface area contributed by atoms with Crippen LogP contribution in [0.5, 0.6) is 0 Å². The molecule has 3 N–H and O–H groups in total. The molecule has 30 nitrogen and oxygen atoms in total. The highest BCUT2D eigenvalue weighted by molar-refractivity contribution is 5.94. The molecule has 0 saturated carbocycles. The number of hydrogen-bond donors (Lipinski definition) is 2. The van der Waals surface area contributed by atoms with E-state index in [2.05, 4.69) is 211 Å². The van der Waals surface area contributed by atoms with Gasteiger partial charge in [0.2, 0.25) is 5.91 Å². The first-order valence-corrected chi connectivity index (χ1v) is 45.4. The van der Waals surface area contributed by atoms with Gasteiger partial charge in [0.05, 0.1) is 93.8 Å². The van der Waals surface area contributed by atoms with Crippen molar-refractivity contribution in [2.24, 2.45) is 5.73 Å². The summed E-state index contributed by atoms with van der Waals surface area (Å²) in [6, 6.07) is 47.5. The molecule has 0 atom stereocenters. The van der Waals surface area contributed by atoms with Crippen LogP contribution in [0.1, 0.15) is 118 Å². The van der Waals surface area contributed by atoms with Crippen LogP contribution in [0.15, 0.2) is 164 Å². The van der Waals surface area contributed by atoms with Gasteiger partial charge in [-0.1, -0.05) is 60.7 Å². The summed E-state index contributed by atoms with van der Waals surface area (Å²) < 4.78 is 5.52. The van der Waals surface area contributed by atoms with Crippen molar-refractivity contribution in [2.75, 3.05) is 198 Å². The van der Waals surface area contributed by atoms with Crippen LogP contribution >= 0.6 is 0 Å². The zero-order valence-electron chi connectivity index (χ0n) is 77.7. The van der Waals surface area contributed by atoms with Gasteiger partial charge in [-0.3, -0.25) is 34.3 Å². The van der Waals surface area contributed by atoms with Gasteiger partial charge in [0, 0.05) is 221 Å². The molecule has 4 aliphatic rings. The number of aryl methyl sites for hydroxylation is 5. The molecule has 0 spiro atoms. The molecule has 30 heteroatoms. The van der Waals surface area contributed by atoms with Gasteiger partial charge < -0.3 is 74.4 Å². The number of ether oxygens (including phenoxy) is 1. The predicted molar refractivity (Wildman–Crippen MR) is 518 cm³/mol. The Kier molecular flexibility index (Phi) is 32.8.